The molecule has 2 aromatic carbocycles. The van der Waals surface area contributed by atoms with E-state index in [1.54, 1.807) is 53.4 Å². The van der Waals surface area contributed by atoms with Crippen LogP contribution in [0.15, 0.2) is 71.7 Å². The van der Waals surface area contributed by atoms with Gasteiger partial charge in [-0.2, -0.15) is 10.1 Å². The zero-order valence-corrected chi connectivity index (χ0v) is 20.5. The van der Waals surface area contributed by atoms with Gasteiger partial charge >= 0.3 is 0 Å². The minimum Gasteiger partial charge on any atom is -0.478 e. The number of ether oxygens (including phenoxy) is 1. The smallest absolute Gasteiger partial charge is 0.264 e. The lowest BCUT2D eigenvalue weighted by atomic mass is 10.0. The summed E-state index contributed by atoms with van der Waals surface area (Å²) in [5.41, 5.74) is 2.17. The first kappa shape index (κ1) is 23.1. The van der Waals surface area contributed by atoms with Crippen molar-refractivity contribution in [2.24, 2.45) is 0 Å². The summed E-state index contributed by atoms with van der Waals surface area (Å²) >= 11 is 6.10. The number of fused-ring (bicyclic) bond motifs is 2. The van der Waals surface area contributed by atoms with Gasteiger partial charge in [-0.15, -0.1) is 0 Å². The lowest BCUT2D eigenvalue weighted by molar-refractivity contribution is 0.0580. The second-order valence-electron chi connectivity index (χ2n) is 9.08. The Bertz CT molecular complexity index is 1600. The van der Waals surface area contributed by atoms with Crippen LogP contribution in [0.4, 0.5) is 0 Å². The van der Waals surface area contributed by atoms with Crippen LogP contribution in [0.2, 0.25) is 5.02 Å². The lowest BCUT2D eigenvalue weighted by Gasteiger charge is -2.16. The normalized spacial score (nSPS) is 11.9. The molecule has 3 aromatic heterocycles. The predicted molar refractivity (Wildman–Crippen MR) is 139 cm³/mol. The van der Waals surface area contributed by atoms with E-state index in [0.717, 1.165) is 21.9 Å². The molecule has 0 atom stereocenters. The topological polar surface area (TPSA) is 82.2 Å². The van der Waals surface area contributed by atoms with Crippen molar-refractivity contribution >= 4 is 33.5 Å². The van der Waals surface area contributed by atoms with Crippen molar-refractivity contribution in [1.29, 1.82) is 0 Å². The summed E-state index contributed by atoms with van der Waals surface area (Å²) in [5, 5.41) is 17.0. The molecule has 35 heavy (non-hydrogen) atoms. The van der Waals surface area contributed by atoms with E-state index in [1.165, 1.54) is 0 Å². The van der Waals surface area contributed by atoms with E-state index in [1.807, 2.05) is 43.5 Å². The van der Waals surface area contributed by atoms with Gasteiger partial charge in [0.1, 0.15) is 0 Å². The summed E-state index contributed by atoms with van der Waals surface area (Å²) in [6.45, 7) is 6.21. The Hall–Kier alpha value is -3.68. The van der Waals surface area contributed by atoms with E-state index in [-0.39, 0.29) is 5.56 Å². The summed E-state index contributed by atoms with van der Waals surface area (Å²) < 4.78 is 8.90. The van der Waals surface area contributed by atoms with Crippen molar-refractivity contribution in [2.75, 3.05) is 6.61 Å². The zero-order valence-electron chi connectivity index (χ0n) is 19.7. The highest BCUT2D eigenvalue weighted by Crippen LogP contribution is 2.27. The third kappa shape index (κ3) is 4.65. The van der Waals surface area contributed by atoms with Gasteiger partial charge in [-0.25, -0.2) is 0 Å². The van der Waals surface area contributed by atoms with Gasteiger partial charge in [0.05, 0.1) is 30.0 Å². The van der Waals surface area contributed by atoms with E-state index < -0.39 is 5.60 Å². The molecule has 0 bridgehead atoms. The van der Waals surface area contributed by atoms with E-state index in [0.29, 0.717) is 41.0 Å². The molecule has 3 heterocycles. The van der Waals surface area contributed by atoms with Crippen LogP contribution >= 0.6 is 11.6 Å². The third-order valence-electron chi connectivity index (χ3n) is 5.61. The second kappa shape index (κ2) is 8.83. The zero-order chi connectivity index (χ0) is 24.7. The number of aliphatic hydroxyl groups is 1. The van der Waals surface area contributed by atoms with E-state index in [4.69, 9.17) is 16.3 Å². The van der Waals surface area contributed by atoms with Gasteiger partial charge in [0.15, 0.2) is 5.65 Å². The SMILES string of the molecule is CCOc1ccc2cc(-c3ccc4nn(CC(C)(C)O)cc4c3)c(=O)n(-c3ccc(Cl)cc3)c2n1. The standard InChI is InChI=1S/C27H25ClN4O3/c1-4-35-24-12-6-18-14-22(26(33)32(25(18)29-24)21-9-7-20(28)8-10-21)17-5-11-23-19(13-17)15-31(30-23)16-27(2,3)34/h5-15,34H,4,16H2,1-3H3. The fraction of sp³-hybridized carbons (Fsp3) is 0.222. The van der Waals surface area contributed by atoms with Crippen molar-refractivity contribution in [1.82, 2.24) is 19.3 Å². The first-order valence-electron chi connectivity index (χ1n) is 11.4. The van der Waals surface area contributed by atoms with Crippen molar-refractivity contribution in [3.05, 3.63) is 82.2 Å². The summed E-state index contributed by atoms with van der Waals surface area (Å²) in [7, 11) is 0. The van der Waals surface area contributed by atoms with Crippen LogP contribution in [0, 0.1) is 0 Å². The fourth-order valence-electron chi connectivity index (χ4n) is 4.15. The minimum absolute atomic E-state index is 0.204. The number of halogens is 1. The highest BCUT2D eigenvalue weighted by atomic mass is 35.5. The summed E-state index contributed by atoms with van der Waals surface area (Å²) in [5.74, 6) is 0.454. The first-order chi connectivity index (χ1) is 16.7. The Morgan fingerprint density at radius 3 is 2.51 bits per heavy atom. The quantitative estimate of drug-likeness (QED) is 0.354. The second-order valence-corrected chi connectivity index (χ2v) is 9.52. The van der Waals surface area contributed by atoms with Crippen molar-refractivity contribution < 1.29 is 9.84 Å². The van der Waals surface area contributed by atoms with Crippen LogP contribution in [-0.4, -0.2) is 36.6 Å². The van der Waals surface area contributed by atoms with Crippen LogP contribution in [-0.2, 0) is 6.54 Å². The Morgan fingerprint density at radius 1 is 1.03 bits per heavy atom. The largest absolute Gasteiger partial charge is 0.478 e. The van der Waals surface area contributed by atoms with E-state index in [9.17, 15) is 9.90 Å². The van der Waals surface area contributed by atoms with E-state index in [2.05, 4.69) is 10.1 Å². The average Bonchev–Trinajstić information content (AvgIpc) is 3.19. The highest BCUT2D eigenvalue weighted by molar-refractivity contribution is 6.30. The van der Waals surface area contributed by atoms with E-state index >= 15 is 0 Å². The molecule has 0 aliphatic carbocycles. The van der Waals surface area contributed by atoms with Gasteiger partial charge < -0.3 is 9.84 Å². The van der Waals surface area contributed by atoms with Gasteiger partial charge in [-0.3, -0.25) is 14.0 Å². The maximum absolute atomic E-state index is 13.9. The average molecular weight is 489 g/mol. The lowest BCUT2D eigenvalue weighted by Crippen LogP contribution is -2.26. The first-order valence-corrected chi connectivity index (χ1v) is 11.8. The van der Waals surface area contributed by atoms with Gasteiger partial charge in [-0.1, -0.05) is 17.7 Å². The number of pyridine rings is 2. The number of nitrogens with zero attached hydrogens (tertiary/aromatic N) is 4. The number of benzene rings is 2. The van der Waals surface area contributed by atoms with Crippen molar-refractivity contribution in [2.45, 2.75) is 32.9 Å². The number of aromatic nitrogens is 4. The maximum atomic E-state index is 13.9. The molecule has 5 aromatic rings. The molecule has 1 N–H and O–H groups in total. The molecule has 0 spiro atoms. The molecule has 0 aliphatic rings. The summed E-state index contributed by atoms with van der Waals surface area (Å²) in [4.78, 5) is 18.5. The van der Waals surface area contributed by atoms with Crippen LogP contribution in [0.25, 0.3) is 38.8 Å². The number of hydrogen-bond donors (Lipinski definition) is 1. The third-order valence-corrected chi connectivity index (χ3v) is 5.87. The molecule has 7 nitrogen and oxygen atoms in total. The summed E-state index contributed by atoms with van der Waals surface area (Å²) in [6, 6.07) is 18.4. The van der Waals surface area contributed by atoms with Crippen LogP contribution in [0.3, 0.4) is 0 Å². The fourth-order valence-corrected chi connectivity index (χ4v) is 4.28. The Labute approximate surface area is 207 Å². The molecular weight excluding hydrogens is 464 g/mol. The molecule has 0 saturated heterocycles. The molecule has 0 saturated carbocycles. The Morgan fingerprint density at radius 2 is 1.80 bits per heavy atom. The Kier molecular flexibility index (Phi) is 5.83. The van der Waals surface area contributed by atoms with Gasteiger partial charge in [0, 0.05) is 33.6 Å². The molecular formula is C27H25ClN4O3. The van der Waals surface area contributed by atoms with Gasteiger partial charge in [-0.05, 0) is 74.9 Å². The summed E-state index contributed by atoms with van der Waals surface area (Å²) in [6.07, 6.45) is 1.88. The van der Waals surface area contributed by atoms with Crippen LogP contribution < -0.4 is 10.3 Å². The molecule has 0 amide bonds. The number of hydrogen-bond acceptors (Lipinski definition) is 5. The molecule has 8 heteroatoms. The maximum Gasteiger partial charge on any atom is 0.264 e. The Balaban J connectivity index is 1.71. The van der Waals surface area contributed by atoms with Gasteiger partial charge in [0.2, 0.25) is 5.88 Å². The molecule has 178 valence electrons. The van der Waals surface area contributed by atoms with Crippen LogP contribution in [0.5, 0.6) is 5.88 Å². The molecule has 5 rings (SSSR count). The molecule has 0 fully saturated rings. The van der Waals surface area contributed by atoms with Crippen LogP contribution in [0.1, 0.15) is 20.8 Å². The molecule has 0 radical (unpaired) electrons. The predicted octanol–water partition coefficient (Wildman–Crippen LogP) is 5.23. The van der Waals surface area contributed by atoms with Gasteiger partial charge in [0.25, 0.3) is 5.56 Å². The highest BCUT2D eigenvalue weighted by Gasteiger charge is 2.17. The van der Waals surface area contributed by atoms with Crippen molar-refractivity contribution in [3.8, 4) is 22.7 Å². The number of rotatable bonds is 6. The molecule has 0 aliphatic heterocycles. The molecule has 0 unspecified atom stereocenters. The minimum atomic E-state index is -0.886. The monoisotopic (exact) mass is 488 g/mol. The van der Waals surface area contributed by atoms with Crippen molar-refractivity contribution in [3.63, 3.8) is 0 Å².